The molecular weight excluding hydrogens is 295 g/mol. The normalized spacial score (nSPS) is 8.57. The van der Waals surface area contributed by atoms with Crippen molar-refractivity contribution in [1.82, 2.24) is 0 Å². The number of hydrogen-bond acceptors (Lipinski definition) is 0. The second kappa shape index (κ2) is 7.14. The minimum Gasteiger partial charge on any atom is -0.0720 e. The average molecular weight is 309 g/mol. The number of hydrogen-bond donors (Lipinski definition) is 0. The van der Waals surface area contributed by atoms with E-state index in [1.54, 1.807) is 0 Å². The van der Waals surface area contributed by atoms with Gasteiger partial charge in [-0.2, -0.15) is 0 Å². The molecule has 0 aromatic rings. The first-order valence-electron chi connectivity index (χ1n) is 2.81. The van der Waals surface area contributed by atoms with Gasteiger partial charge in [0.1, 0.15) is 0 Å². The Balaban J connectivity index is 0. The van der Waals surface area contributed by atoms with Crippen LogP contribution in [0.25, 0.3) is 0 Å². The van der Waals surface area contributed by atoms with Gasteiger partial charge in [-0.1, -0.05) is 32.5 Å². The van der Waals surface area contributed by atoms with Crippen molar-refractivity contribution >= 4 is 36.1 Å². The summed E-state index contributed by atoms with van der Waals surface area (Å²) < 4.78 is 0. The molecule has 0 aliphatic rings. The van der Waals surface area contributed by atoms with Crippen molar-refractivity contribution in [2.45, 2.75) is 32.5 Å². The van der Waals surface area contributed by atoms with Crippen molar-refractivity contribution in [3.05, 3.63) is 0 Å². The fourth-order valence-corrected chi connectivity index (χ4v) is 0.866. The molecule has 0 rings (SSSR count). The van der Waals surface area contributed by atoms with Crippen LogP contribution in [0.1, 0.15) is 13.8 Å². The largest absolute Gasteiger partial charge is 0.0720 e. The first-order valence-corrected chi connectivity index (χ1v) is 5.60. The Morgan fingerprint density at radius 1 is 1.14 bits per heavy atom. The molecule has 0 aliphatic heterocycles. The van der Waals surface area contributed by atoms with Gasteiger partial charge in [0.05, 0.1) is 0 Å². The van der Waals surface area contributed by atoms with Gasteiger partial charge in [0.15, 0.2) is 0 Å². The maximum absolute atomic E-state index is 2.42. The monoisotopic (exact) mass is 310 g/mol. The van der Waals surface area contributed by atoms with E-state index in [0.717, 1.165) is 0 Å². The summed E-state index contributed by atoms with van der Waals surface area (Å²) in [6.07, 6.45) is 0. The molecule has 0 saturated heterocycles. The van der Waals surface area contributed by atoms with E-state index in [1.165, 1.54) is 12.1 Å². The van der Waals surface area contributed by atoms with E-state index in [2.05, 4.69) is 20.4 Å². The molecule has 0 aliphatic carbocycles. The first kappa shape index (κ1) is 11.0. The fourth-order valence-electron chi connectivity index (χ4n) is 0.289. The summed E-state index contributed by atoms with van der Waals surface area (Å²) in [6.45, 7) is 7.00. The van der Waals surface area contributed by atoms with Crippen LogP contribution in [0.5, 0.6) is 0 Å². The molecular formula is C5H14PbSi. The molecule has 0 bridgehead atoms. The molecule has 0 unspecified atom stereocenters. The van der Waals surface area contributed by atoms with Crippen molar-refractivity contribution in [2.75, 3.05) is 0 Å². The Hall–Kier alpha value is 1.14. The summed E-state index contributed by atoms with van der Waals surface area (Å²) in [5, 5.41) is 0. The molecule has 0 spiro atoms. The van der Waals surface area contributed by atoms with Gasteiger partial charge in [-0.3, -0.25) is 0 Å². The summed E-state index contributed by atoms with van der Waals surface area (Å²) in [6, 6.07) is 2.94. The summed E-state index contributed by atoms with van der Waals surface area (Å²) in [5.41, 5.74) is 0. The van der Waals surface area contributed by atoms with Gasteiger partial charge in [-0.05, 0) is 0 Å². The maximum Gasteiger partial charge on any atom is 0.0331 e. The first-order chi connectivity index (χ1) is 2.81. The molecule has 0 nitrogen and oxygen atoms in total. The Labute approximate surface area is 68.5 Å². The molecule has 0 N–H and O–H groups in total. The van der Waals surface area contributed by atoms with Crippen LogP contribution in [0.3, 0.4) is 0 Å². The molecule has 42 valence electrons. The van der Waals surface area contributed by atoms with Gasteiger partial charge in [0.2, 0.25) is 0 Å². The van der Waals surface area contributed by atoms with Crippen LogP contribution >= 0.6 is 0 Å². The zero-order valence-corrected chi connectivity index (χ0v) is 10.5. The molecule has 0 aromatic carbocycles. The fraction of sp³-hybridized carbons (Fsp3) is 1.00. The Kier molecular flexibility index (Phi) is 11.2. The summed E-state index contributed by atoms with van der Waals surface area (Å²) in [4.78, 5) is 0. The zero-order valence-electron chi connectivity index (χ0n) is 5.49. The second-order valence-corrected chi connectivity index (χ2v) is 5.77. The van der Waals surface area contributed by atoms with Crippen LogP contribution in [0, 0.1) is 0 Å². The SMILES string of the molecule is CC[SiH](C)CC.[Pb]. The van der Waals surface area contributed by atoms with Crippen LogP contribution in [-0.2, 0) is 0 Å². The van der Waals surface area contributed by atoms with Crippen LogP contribution in [0.15, 0.2) is 0 Å². The standard InChI is InChI=1S/C5H14Si.Pb/c1-4-6(3)5-2;/h6H,4-5H2,1-3H3;. The van der Waals surface area contributed by atoms with Crippen molar-refractivity contribution < 1.29 is 0 Å². The van der Waals surface area contributed by atoms with E-state index in [-0.39, 0.29) is 36.1 Å². The van der Waals surface area contributed by atoms with Gasteiger partial charge in [0, 0.05) is 36.1 Å². The van der Waals surface area contributed by atoms with Gasteiger partial charge < -0.3 is 0 Å². The van der Waals surface area contributed by atoms with E-state index < -0.39 is 0 Å². The second-order valence-electron chi connectivity index (χ2n) is 1.92. The summed E-state index contributed by atoms with van der Waals surface area (Å²) >= 11 is 0. The van der Waals surface area contributed by atoms with Crippen LogP contribution < -0.4 is 0 Å². The van der Waals surface area contributed by atoms with E-state index in [0.29, 0.717) is 0 Å². The van der Waals surface area contributed by atoms with Crippen molar-refractivity contribution in [2.24, 2.45) is 0 Å². The smallest absolute Gasteiger partial charge is 0.0331 e. The molecule has 0 amide bonds. The zero-order chi connectivity index (χ0) is 4.99. The number of rotatable bonds is 2. The van der Waals surface area contributed by atoms with Crippen LogP contribution in [0.4, 0.5) is 0 Å². The van der Waals surface area contributed by atoms with E-state index >= 15 is 0 Å². The third-order valence-corrected chi connectivity index (χ3v) is 4.18. The molecule has 2 heteroatoms. The van der Waals surface area contributed by atoms with Crippen LogP contribution in [-0.4, -0.2) is 36.1 Å². The van der Waals surface area contributed by atoms with E-state index in [4.69, 9.17) is 0 Å². The Morgan fingerprint density at radius 3 is 1.43 bits per heavy atom. The third-order valence-electron chi connectivity index (χ3n) is 1.39. The predicted molar refractivity (Wildman–Crippen MR) is 39.7 cm³/mol. The van der Waals surface area contributed by atoms with Gasteiger partial charge in [0.25, 0.3) is 0 Å². The Bertz CT molecular complexity index is 27.3. The van der Waals surface area contributed by atoms with E-state index in [1.807, 2.05) is 0 Å². The quantitative estimate of drug-likeness (QED) is 0.678. The molecule has 0 aromatic heterocycles. The summed E-state index contributed by atoms with van der Waals surface area (Å²) in [5.74, 6) is 0. The maximum atomic E-state index is 2.42. The van der Waals surface area contributed by atoms with Crippen LogP contribution in [0.2, 0.25) is 18.6 Å². The van der Waals surface area contributed by atoms with Gasteiger partial charge in [-0.25, -0.2) is 0 Å². The minimum absolute atomic E-state index is 0. The molecule has 0 heterocycles. The topological polar surface area (TPSA) is 0 Å². The summed E-state index contributed by atoms with van der Waals surface area (Å²) in [7, 11) is -0.160. The molecule has 0 saturated carbocycles. The van der Waals surface area contributed by atoms with Gasteiger partial charge >= 0.3 is 0 Å². The van der Waals surface area contributed by atoms with Crippen molar-refractivity contribution in [1.29, 1.82) is 0 Å². The minimum atomic E-state index is -0.160. The van der Waals surface area contributed by atoms with Crippen molar-refractivity contribution in [3.8, 4) is 0 Å². The van der Waals surface area contributed by atoms with Gasteiger partial charge in [-0.15, -0.1) is 0 Å². The third kappa shape index (κ3) is 7.14. The van der Waals surface area contributed by atoms with E-state index in [9.17, 15) is 0 Å². The average Bonchev–Trinajstić information content (AvgIpc) is 1.65. The molecule has 4 radical (unpaired) electrons. The molecule has 7 heavy (non-hydrogen) atoms. The molecule has 0 fully saturated rings. The molecule has 0 atom stereocenters. The van der Waals surface area contributed by atoms with Crippen molar-refractivity contribution in [3.63, 3.8) is 0 Å². The predicted octanol–water partition coefficient (Wildman–Crippen LogP) is 1.50. The Morgan fingerprint density at radius 2 is 1.43 bits per heavy atom.